The number of benzene rings is 2. The Morgan fingerprint density at radius 3 is 2.58 bits per heavy atom. The highest BCUT2D eigenvalue weighted by Gasteiger charge is 2.14. The molecule has 2 aromatic rings. The molecule has 0 bridgehead atoms. The minimum Gasteiger partial charge on any atom is -0.491 e. The van der Waals surface area contributed by atoms with Crippen molar-refractivity contribution >= 4 is 11.6 Å². The lowest BCUT2D eigenvalue weighted by molar-refractivity contribution is -0.119. The molecule has 1 atom stereocenters. The molecule has 0 aliphatic heterocycles. The van der Waals surface area contributed by atoms with Crippen molar-refractivity contribution in [2.24, 2.45) is 5.92 Å². The highest BCUT2D eigenvalue weighted by molar-refractivity contribution is 5.92. The summed E-state index contributed by atoms with van der Waals surface area (Å²) in [7, 11) is 0. The smallest absolute Gasteiger partial charge is 0.227 e. The predicted octanol–water partition coefficient (Wildman–Crippen LogP) is 3.40. The van der Waals surface area contributed by atoms with Crippen LogP contribution < -0.4 is 10.1 Å². The Balaban J connectivity index is 1.84. The molecular formula is C19H22FNO3. The van der Waals surface area contributed by atoms with E-state index in [-0.39, 0.29) is 30.9 Å². The average Bonchev–Trinajstić information content (AvgIpc) is 2.60. The number of nitrogens with one attached hydrogen (secondary N) is 1. The van der Waals surface area contributed by atoms with Gasteiger partial charge in [0.05, 0.1) is 6.61 Å². The van der Waals surface area contributed by atoms with Crippen LogP contribution in [0.15, 0.2) is 48.5 Å². The Morgan fingerprint density at radius 2 is 1.92 bits per heavy atom. The Labute approximate surface area is 141 Å². The summed E-state index contributed by atoms with van der Waals surface area (Å²) < 4.78 is 18.8. The zero-order valence-electron chi connectivity index (χ0n) is 13.7. The summed E-state index contributed by atoms with van der Waals surface area (Å²) in [6.45, 7) is 2.02. The molecular weight excluding hydrogens is 309 g/mol. The Morgan fingerprint density at radius 1 is 1.21 bits per heavy atom. The fourth-order valence-electron chi connectivity index (χ4n) is 2.27. The van der Waals surface area contributed by atoms with E-state index in [0.717, 1.165) is 0 Å². The van der Waals surface area contributed by atoms with Crippen molar-refractivity contribution in [1.82, 2.24) is 0 Å². The van der Waals surface area contributed by atoms with E-state index in [2.05, 4.69) is 5.32 Å². The first-order valence-electron chi connectivity index (χ1n) is 7.98. The molecule has 0 aliphatic carbocycles. The maximum atomic E-state index is 13.6. The van der Waals surface area contributed by atoms with E-state index in [0.29, 0.717) is 29.8 Å². The summed E-state index contributed by atoms with van der Waals surface area (Å²) in [4.78, 5) is 12.2. The topological polar surface area (TPSA) is 58.6 Å². The molecule has 0 heterocycles. The number of aliphatic hydroxyl groups is 1. The van der Waals surface area contributed by atoms with Crippen LogP contribution in [0.25, 0.3) is 0 Å². The predicted molar refractivity (Wildman–Crippen MR) is 91.5 cm³/mol. The second-order valence-electron chi connectivity index (χ2n) is 5.62. The standard InChI is InChI=1S/C19H22FNO3/c1-14(6-7-15-4-2-3-5-18(15)20)19(23)21-16-8-10-17(11-9-16)24-13-12-22/h2-5,8-11,14,22H,6-7,12-13H2,1H3,(H,21,23). The molecule has 0 spiro atoms. The van der Waals surface area contributed by atoms with Crippen LogP contribution >= 0.6 is 0 Å². The number of hydrogen-bond donors (Lipinski definition) is 2. The quantitative estimate of drug-likeness (QED) is 0.779. The highest BCUT2D eigenvalue weighted by Crippen LogP contribution is 2.18. The van der Waals surface area contributed by atoms with Crippen molar-refractivity contribution in [2.45, 2.75) is 19.8 Å². The molecule has 128 valence electrons. The number of anilines is 1. The Hall–Kier alpha value is -2.40. The van der Waals surface area contributed by atoms with E-state index in [4.69, 9.17) is 9.84 Å². The van der Waals surface area contributed by atoms with Gasteiger partial charge in [-0.05, 0) is 48.7 Å². The second-order valence-corrected chi connectivity index (χ2v) is 5.62. The fraction of sp³-hybridized carbons (Fsp3) is 0.316. The minimum absolute atomic E-state index is 0.0436. The third-order valence-corrected chi connectivity index (χ3v) is 3.73. The number of rotatable bonds is 8. The van der Waals surface area contributed by atoms with Crippen LogP contribution in [0.5, 0.6) is 5.75 Å². The molecule has 2 N–H and O–H groups in total. The van der Waals surface area contributed by atoms with Gasteiger partial charge >= 0.3 is 0 Å². The number of halogens is 1. The van der Waals surface area contributed by atoms with Gasteiger partial charge in [0, 0.05) is 11.6 Å². The number of aliphatic hydroxyl groups excluding tert-OH is 1. The number of hydrogen-bond acceptors (Lipinski definition) is 3. The number of ether oxygens (including phenoxy) is 1. The molecule has 1 unspecified atom stereocenters. The number of aryl methyl sites for hydroxylation is 1. The van der Waals surface area contributed by atoms with Crippen LogP contribution in [-0.4, -0.2) is 24.2 Å². The first kappa shape index (κ1) is 17.9. The van der Waals surface area contributed by atoms with Gasteiger partial charge in [-0.15, -0.1) is 0 Å². The largest absolute Gasteiger partial charge is 0.491 e. The van der Waals surface area contributed by atoms with Crippen molar-refractivity contribution in [3.63, 3.8) is 0 Å². The molecule has 0 saturated heterocycles. The van der Waals surface area contributed by atoms with Gasteiger partial charge in [0.2, 0.25) is 5.91 Å². The van der Waals surface area contributed by atoms with Crippen LogP contribution in [0, 0.1) is 11.7 Å². The van der Waals surface area contributed by atoms with Crippen LogP contribution in [0.1, 0.15) is 18.9 Å². The summed E-state index contributed by atoms with van der Waals surface area (Å²) in [5.41, 5.74) is 1.30. The molecule has 0 aliphatic rings. The van der Waals surface area contributed by atoms with E-state index >= 15 is 0 Å². The van der Waals surface area contributed by atoms with E-state index in [9.17, 15) is 9.18 Å². The van der Waals surface area contributed by atoms with E-state index in [1.807, 2.05) is 6.92 Å². The first-order valence-corrected chi connectivity index (χ1v) is 7.98. The molecule has 2 aromatic carbocycles. The van der Waals surface area contributed by atoms with Crippen LogP contribution in [-0.2, 0) is 11.2 Å². The lowest BCUT2D eigenvalue weighted by atomic mass is 10.00. The van der Waals surface area contributed by atoms with Gasteiger partial charge in [-0.1, -0.05) is 25.1 Å². The molecule has 0 aromatic heterocycles. The zero-order chi connectivity index (χ0) is 17.4. The molecule has 4 nitrogen and oxygen atoms in total. The third-order valence-electron chi connectivity index (χ3n) is 3.73. The highest BCUT2D eigenvalue weighted by atomic mass is 19.1. The minimum atomic E-state index is -0.233. The van der Waals surface area contributed by atoms with Crippen molar-refractivity contribution in [1.29, 1.82) is 0 Å². The Bertz CT molecular complexity index is 658. The van der Waals surface area contributed by atoms with E-state index in [1.165, 1.54) is 6.07 Å². The molecule has 2 rings (SSSR count). The Kier molecular flexibility index (Phi) is 6.75. The van der Waals surface area contributed by atoms with Crippen LogP contribution in [0.4, 0.5) is 10.1 Å². The van der Waals surface area contributed by atoms with Gasteiger partial charge in [-0.2, -0.15) is 0 Å². The van der Waals surface area contributed by atoms with Gasteiger partial charge in [-0.25, -0.2) is 4.39 Å². The summed E-state index contributed by atoms with van der Waals surface area (Å²) in [6.07, 6.45) is 1.10. The van der Waals surface area contributed by atoms with Gasteiger partial charge in [-0.3, -0.25) is 4.79 Å². The number of carbonyl (C=O) groups is 1. The molecule has 1 amide bonds. The van der Waals surface area contributed by atoms with E-state index in [1.54, 1.807) is 42.5 Å². The zero-order valence-corrected chi connectivity index (χ0v) is 13.7. The van der Waals surface area contributed by atoms with Gasteiger partial charge < -0.3 is 15.2 Å². The normalized spacial score (nSPS) is 11.8. The van der Waals surface area contributed by atoms with Crippen molar-refractivity contribution in [3.8, 4) is 5.75 Å². The average molecular weight is 331 g/mol. The summed E-state index contributed by atoms with van der Waals surface area (Å²) in [5, 5.41) is 11.5. The van der Waals surface area contributed by atoms with Gasteiger partial charge in [0.15, 0.2) is 0 Å². The van der Waals surface area contributed by atoms with Crippen molar-refractivity contribution in [2.75, 3.05) is 18.5 Å². The monoisotopic (exact) mass is 331 g/mol. The van der Waals surface area contributed by atoms with Gasteiger partial charge in [0.25, 0.3) is 0 Å². The number of amides is 1. The molecule has 24 heavy (non-hydrogen) atoms. The van der Waals surface area contributed by atoms with Crippen molar-refractivity contribution < 1.29 is 19.0 Å². The first-order chi connectivity index (χ1) is 11.6. The SMILES string of the molecule is CC(CCc1ccccc1F)C(=O)Nc1ccc(OCCO)cc1. The third kappa shape index (κ3) is 5.35. The maximum absolute atomic E-state index is 13.6. The number of carbonyl (C=O) groups excluding carboxylic acids is 1. The second kappa shape index (κ2) is 9.03. The fourth-order valence-corrected chi connectivity index (χ4v) is 2.27. The summed E-state index contributed by atoms with van der Waals surface area (Å²) >= 11 is 0. The molecule has 5 heteroatoms. The molecule has 0 radical (unpaired) electrons. The van der Waals surface area contributed by atoms with Gasteiger partial charge in [0.1, 0.15) is 18.2 Å². The lowest BCUT2D eigenvalue weighted by Crippen LogP contribution is -2.21. The maximum Gasteiger partial charge on any atom is 0.227 e. The van der Waals surface area contributed by atoms with Crippen LogP contribution in [0.3, 0.4) is 0 Å². The van der Waals surface area contributed by atoms with Crippen LogP contribution in [0.2, 0.25) is 0 Å². The summed E-state index contributed by atoms with van der Waals surface area (Å²) in [5.74, 6) is 0.0727. The van der Waals surface area contributed by atoms with Crippen molar-refractivity contribution in [3.05, 3.63) is 59.9 Å². The van der Waals surface area contributed by atoms with E-state index < -0.39 is 0 Å². The summed E-state index contributed by atoms with van der Waals surface area (Å²) in [6, 6.07) is 13.6. The molecule has 0 fully saturated rings. The molecule has 0 saturated carbocycles. The lowest BCUT2D eigenvalue weighted by Gasteiger charge is -2.13.